The first-order valence-electron chi connectivity index (χ1n) is 7.45. The van der Waals surface area contributed by atoms with Gasteiger partial charge in [-0.05, 0) is 30.5 Å². The Kier molecular flexibility index (Phi) is 6.00. The summed E-state index contributed by atoms with van der Waals surface area (Å²) in [6.45, 7) is 0. The molecule has 3 N–H and O–H groups in total. The molecule has 1 aromatic carbocycles. The average Bonchev–Trinajstić information content (AvgIpc) is 3.31. The summed E-state index contributed by atoms with van der Waals surface area (Å²) in [6.07, 6.45) is -4.14. The molecule has 1 aromatic rings. The molecule has 1 amide bonds. The molecule has 0 spiro atoms. The van der Waals surface area contributed by atoms with Crippen molar-refractivity contribution in [3.05, 3.63) is 35.6 Å². The van der Waals surface area contributed by atoms with Crippen LogP contribution in [0.15, 0.2) is 24.3 Å². The lowest BCUT2D eigenvalue weighted by Crippen LogP contribution is -2.53. The minimum absolute atomic E-state index is 0.352. The average molecular weight is 393 g/mol. The van der Waals surface area contributed by atoms with Crippen LogP contribution in [0.2, 0.25) is 0 Å². The third kappa shape index (κ3) is 5.23. The summed E-state index contributed by atoms with van der Waals surface area (Å²) in [5.41, 5.74) is -1.50. The Balaban J connectivity index is 2.24. The summed E-state index contributed by atoms with van der Waals surface area (Å²) < 4.78 is 73.3. The van der Waals surface area contributed by atoms with Crippen molar-refractivity contribution >= 4 is 17.0 Å². The first kappa shape index (κ1) is 20.3. The van der Waals surface area contributed by atoms with Gasteiger partial charge in [0.05, 0.1) is 11.8 Å². The van der Waals surface area contributed by atoms with Gasteiger partial charge in [-0.15, -0.1) is 0 Å². The van der Waals surface area contributed by atoms with Crippen LogP contribution in [0.25, 0.3) is 0 Å². The first-order valence-corrected chi connectivity index (χ1v) is 8.73. The summed E-state index contributed by atoms with van der Waals surface area (Å²) in [5, 5.41) is 13.3. The van der Waals surface area contributed by atoms with E-state index in [0.29, 0.717) is 12.8 Å². The fourth-order valence-corrected chi connectivity index (χ4v) is 2.82. The topological polar surface area (TPSA) is 102 Å². The number of rotatable bonds is 7. The molecule has 0 bridgehead atoms. The van der Waals surface area contributed by atoms with Crippen LogP contribution in [-0.2, 0) is 15.9 Å². The van der Waals surface area contributed by atoms with Gasteiger partial charge in [0, 0.05) is 0 Å². The van der Waals surface area contributed by atoms with E-state index in [2.05, 4.69) is 5.32 Å². The van der Waals surface area contributed by atoms with E-state index in [1.165, 1.54) is 0 Å². The van der Waals surface area contributed by atoms with Gasteiger partial charge in [0.1, 0.15) is 23.4 Å². The van der Waals surface area contributed by atoms with E-state index in [1.807, 2.05) is 11.4 Å². The van der Waals surface area contributed by atoms with E-state index in [1.54, 1.807) is 0 Å². The minimum Gasteiger partial charge on any atom is -0.336 e. The first-order chi connectivity index (χ1) is 12.1. The second-order valence-electron chi connectivity index (χ2n) is 5.92. The molecule has 142 valence electrons. The number of hydrogen-bond acceptors (Lipinski definition) is 4. The molecule has 0 saturated heterocycles. The minimum atomic E-state index is -4.85. The van der Waals surface area contributed by atoms with E-state index < -0.39 is 52.4 Å². The van der Waals surface area contributed by atoms with Crippen molar-refractivity contribution in [1.29, 1.82) is 5.26 Å². The molecular formula is C15H15F4N3O3S. The number of hydrogen-bond donors (Lipinski definition) is 3. The molecule has 0 aromatic heterocycles. The van der Waals surface area contributed by atoms with E-state index in [0.717, 1.165) is 24.3 Å². The summed E-state index contributed by atoms with van der Waals surface area (Å²) in [7, 11) is 0. The van der Waals surface area contributed by atoms with Crippen LogP contribution in [0.4, 0.5) is 17.6 Å². The third-order valence-electron chi connectivity index (χ3n) is 3.85. The molecule has 1 saturated carbocycles. The standard InChI is InChI=1S/C15H15F4N3O3S/c16-10-3-1-9(2-4-10)12(15(17,18)19)21-11(7-26(24)25)13(23)22-14(8-20)5-6-14/h1-4,11-12,21H,5-7H2,(H,22,23)(H,24,25)/t11-,12-/m0/s1. The second-order valence-corrected chi connectivity index (χ2v) is 6.89. The van der Waals surface area contributed by atoms with E-state index in [4.69, 9.17) is 9.81 Å². The molecular weight excluding hydrogens is 378 g/mol. The lowest BCUT2D eigenvalue weighted by Gasteiger charge is -2.27. The van der Waals surface area contributed by atoms with Gasteiger partial charge >= 0.3 is 6.18 Å². The van der Waals surface area contributed by atoms with Crippen molar-refractivity contribution in [1.82, 2.24) is 10.6 Å². The van der Waals surface area contributed by atoms with Gasteiger partial charge in [0.25, 0.3) is 0 Å². The van der Waals surface area contributed by atoms with Crippen LogP contribution in [0.5, 0.6) is 0 Å². The van der Waals surface area contributed by atoms with Crippen LogP contribution >= 0.6 is 0 Å². The fourth-order valence-electron chi connectivity index (χ4n) is 2.29. The molecule has 0 radical (unpaired) electrons. The number of halogens is 4. The zero-order chi connectivity index (χ0) is 19.5. The fraction of sp³-hybridized carbons (Fsp3) is 0.467. The Bertz CT molecular complexity index is 729. The summed E-state index contributed by atoms with van der Waals surface area (Å²) in [4.78, 5) is 12.2. The summed E-state index contributed by atoms with van der Waals surface area (Å²) in [5.74, 6) is -2.52. The maximum absolute atomic E-state index is 13.4. The molecule has 11 heteroatoms. The van der Waals surface area contributed by atoms with Crippen LogP contribution < -0.4 is 10.6 Å². The molecule has 1 aliphatic rings. The number of alkyl halides is 3. The van der Waals surface area contributed by atoms with Gasteiger partial charge in [0.2, 0.25) is 5.91 Å². The number of carbonyl (C=O) groups excluding carboxylic acids is 1. The monoisotopic (exact) mass is 393 g/mol. The molecule has 0 aliphatic heterocycles. The second kappa shape index (κ2) is 7.69. The van der Waals surface area contributed by atoms with Gasteiger partial charge in [-0.3, -0.25) is 10.1 Å². The van der Waals surface area contributed by atoms with Crippen LogP contribution in [0.1, 0.15) is 24.4 Å². The third-order valence-corrected chi connectivity index (χ3v) is 4.47. The molecule has 0 heterocycles. The van der Waals surface area contributed by atoms with Crippen molar-refractivity contribution < 1.29 is 31.1 Å². The highest BCUT2D eigenvalue weighted by atomic mass is 32.2. The molecule has 2 rings (SSSR count). The highest BCUT2D eigenvalue weighted by molar-refractivity contribution is 7.79. The molecule has 1 fully saturated rings. The van der Waals surface area contributed by atoms with Crippen molar-refractivity contribution in [2.24, 2.45) is 0 Å². The number of carbonyl (C=O) groups is 1. The Morgan fingerprint density at radius 2 is 1.92 bits per heavy atom. The number of nitriles is 1. The highest BCUT2D eigenvalue weighted by Gasteiger charge is 2.47. The van der Waals surface area contributed by atoms with Gasteiger partial charge in [0.15, 0.2) is 11.1 Å². The van der Waals surface area contributed by atoms with Crippen LogP contribution in [0.3, 0.4) is 0 Å². The van der Waals surface area contributed by atoms with Crippen molar-refractivity contribution in [3.8, 4) is 6.07 Å². The SMILES string of the molecule is N#CC1(NC(=O)[C@H](CS(=O)O)N[C@@H](c2ccc(F)cc2)C(F)(F)F)CC1. The Morgan fingerprint density at radius 3 is 2.35 bits per heavy atom. The lowest BCUT2D eigenvalue weighted by atomic mass is 10.0. The predicted octanol–water partition coefficient (Wildman–Crippen LogP) is 1.78. The number of nitrogens with one attached hydrogen (secondary N) is 2. The van der Waals surface area contributed by atoms with Crippen LogP contribution in [-0.4, -0.2) is 38.2 Å². The van der Waals surface area contributed by atoms with E-state index >= 15 is 0 Å². The molecule has 1 unspecified atom stereocenters. The highest BCUT2D eigenvalue weighted by Crippen LogP contribution is 2.35. The molecule has 26 heavy (non-hydrogen) atoms. The maximum atomic E-state index is 13.4. The summed E-state index contributed by atoms with van der Waals surface area (Å²) >= 11 is -2.56. The van der Waals surface area contributed by atoms with E-state index in [-0.39, 0.29) is 5.56 Å². The zero-order valence-corrected chi connectivity index (χ0v) is 14.0. The molecule has 3 atom stereocenters. The number of nitrogens with zero attached hydrogens (tertiary/aromatic N) is 1. The predicted molar refractivity (Wildman–Crippen MR) is 83.5 cm³/mol. The summed E-state index contributed by atoms with van der Waals surface area (Å²) in [6, 6.07) is 1.30. The smallest absolute Gasteiger partial charge is 0.336 e. The largest absolute Gasteiger partial charge is 0.407 e. The van der Waals surface area contributed by atoms with Crippen LogP contribution in [0, 0.1) is 17.1 Å². The Hall–Kier alpha value is -2.03. The molecule has 1 aliphatic carbocycles. The number of amides is 1. The lowest BCUT2D eigenvalue weighted by molar-refractivity contribution is -0.160. The van der Waals surface area contributed by atoms with Crippen molar-refractivity contribution in [2.75, 3.05) is 5.75 Å². The van der Waals surface area contributed by atoms with Gasteiger partial charge < -0.3 is 9.87 Å². The molecule has 6 nitrogen and oxygen atoms in total. The Labute approximate surface area is 148 Å². The quantitative estimate of drug-likeness (QED) is 0.484. The van der Waals surface area contributed by atoms with Crippen molar-refractivity contribution in [2.45, 2.75) is 36.6 Å². The number of benzene rings is 1. The van der Waals surface area contributed by atoms with Gasteiger partial charge in [-0.25, -0.2) is 8.60 Å². The Morgan fingerprint density at radius 1 is 1.35 bits per heavy atom. The maximum Gasteiger partial charge on any atom is 0.407 e. The van der Waals surface area contributed by atoms with Gasteiger partial charge in [-0.1, -0.05) is 12.1 Å². The normalized spacial score (nSPS) is 19.1. The zero-order valence-electron chi connectivity index (χ0n) is 13.2. The van der Waals surface area contributed by atoms with Gasteiger partial charge in [-0.2, -0.15) is 18.4 Å². The van der Waals surface area contributed by atoms with E-state index in [9.17, 15) is 26.6 Å². The van der Waals surface area contributed by atoms with Crippen molar-refractivity contribution in [3.63, 3.8) is 0 Å².